The van der Waals surface area contributed by atoms with E-state index in [0.29, 0.717) is 10.5 Å². The number of rotatable bonds is 2. The van der Waals surface area contributed by atoms with E-state index < -0.39 is 15.6 Å². The zero-order valence-corrected chi connectivity index (χ0v) is 18.7. The molecule has 1 heterocycles. The van der Waals surface area contributed by atoms with Crippen molar-refractivity contribution in [2.75, 3.05) is 6.26 Å². The van der Waals surface area contributed by atoms with Crippen molar-refractivity contribution in [3.63, 3.8) is 0 Å². The number of hydrogen-bond acceptors (Lipinski definition) is 3. The summed E-state index contributed by atoms with van der Waals surface area (Å²) in [6, 6.07) is 14.8. The van der Waals surface area contributed by atoms with Gasteiger partial charge in [0, 0.05) is 39.1 Å². The monoisotopic (exact) mass is 466 g/mol. The Morgan fingerprint density at radius 3 is 2.24 bits per heavy atom. The number of halogens is 1. The van der Waals surface area contributed by atoms with Gasteiger partial charge >= 0.3 is 0 Å². The van der Waals surface area contributed by atoms with E-state index in [1.807, 2.05) is 44.2 Å². The maximum atomic E-state index is 13.1. The maximum absolute atomic E-state index is 13.1. The smallest absolute Gasteiger partial charge is 0.266 e. The van der Waals surface area contributed by atoms with Gasteiger partial charge in [-0.25, -0.2) is 4.21 Å². The second-order valence-corrected chi connectivity index (χ2v) is 9.92. The highest BCUT2D eigenvalue weighted by Gasteiger charge is 2.13. The molecular weight excluding hydrogens is 448 g/mol. The lowest BCUT2D eigenvalue weighted by molar-refractivity contribution is 0.100. The van der Waals surface area contributed by atoms with Gasteiger partial charge in [-0.3, -0.25) is 9.78 Å². The SMILES string of the molecule is Cc1cc(C)cc(S(C)(=O)=NC(=O)c2cncc(C#Cc3ccc(Br)cc3)c2)c1. The molecule has 0 aliphatic rings. The normalized spacial score (nSPS) is 12.4. The van der Waals surface area contributed by atoms with Gasteiger partial charge in [0.15, 0.2) is 0 Å². The van der Waals surface area contributed by atoms with Gasteiger partial charge in [-0.15, -0.1) is 0 Å². The summed E-state index contributed by atoms with van der Waals surface area (Å²) in [5.74, 6) is 5.45. The molecule has 0 fully saturated rings. The van der Waals surface area contributed by atoms with Crippen LogP contribution in [0.4, 0.5) is 0 Å². The highest BCUT2D eigenvalue weighted by molar-refractivity contribution is 9.10. The van der Waals surface area contributed by atoms with Gasteiger partial charge in [0.05, 0.1) is 15.3 Å². The van der Waals surface area contributed by atoms with Crippen molar-refractivity contribution in [3.8, 4) is 11.8 Å². The summed E-state index contributed by atoms with van der Waals surface area (Å²) in [6.45, 7) is 3.84. The molecule has 29 heavy (non-hydrogen) atoms. The number of carbonyl (C=O) groups is 1. The van der Waals surface area contributed by atoms with Crippen LogP contribution in [-0.4, -0.2) is 21.4 Å². The molecule has 1 unspecified atom stereocenters. The maximum Gasteiger partial charge on any atom is 0.286 e. The Balaban J connectivity index is 1.90. The molecule has 146 valence electrons. The van der Waals surface area contributed by atoms with Crippen molar-refractivity contribution in [3.05, 3.63) is 93.2 Å². The fourth-order valence-corrected chi connectivity index (χ4v) is 4.32. The molecule has 3 aromatic rings. The fourth-order valence-electron chi connectivity index (χ4n) is 2.72. The van der Waals surface area contributed by atoms with E-state index in [2.05, 4.69) is 37.1 Å². The number of carbonyl (C=O) groups excluding carboxylic acids is 1. The van der Waals surface area contributed by atoms with E-state index in [0.717, 1.165) is 21.2 Å². The van der Waals surface area contributed by atoms with Crippen LogP contribution in [0.25, 0.3) is 0 Å². The number of hydrogen-bond donors (Lipinski definition) is 0. The molecule has 0 N–H and O–H groups in total. The van der Waals surface area contributed by atoms with Gasteiger partial charge in [0.1, 0.15) is 0 Å². The van der Waals surface area contributed by atoms with Crippen molar-refractivity contribution in [2.24, 2.45) is 4.36 Å². The third-order valence-electron chi connectivity index (χ3n) is 4.07. The molecule has 1 atom stereocenters. The molecule has 0 aliphatic heterocycles. The predicted octanol–water partition coefficient (Wildman–Crippen LogP) is 5.16. The minimum Gasteiger partial charge on any atom is -0.266 e. The summed E-state index contributed by atoms with van der Waals surface area (Å²) in [4.78, 5) is 17.3. The highest BCUT2D eigenvalue weighted by Crippen LogP contribution is 2.17. The van der Waals surface area contributed by atoms with E-state index >= 15 is 0 Å². The number of benzene rings is 2. The first-order valence-electron chi connectivity index (χ1n) is 8.80. The van der Waals surface area contributed by atoms with Crippen molar-refractivity contribution in [1.29, 1.82) is 0 Å². The molecule has 0 aliphatic carbocycles. The number of amides is 1. The number of aryl methyl sites for hydroxylation is 2. The quantitative estimate of drug-likeness (QED) is 0.490. The summed E-state index contributed by atoms with van der Waals surface area (Å²) in [5.41, 5.74) is 3.64. The fraction of sp³-hybridized carbons (Fsp3) is 0.130. The topological polar surface area (TPSA) is 59.4 Å². The van der Waals surface area contributed by atoms with Crippen LogP contribution in [0.2, 0.25) is 0 Å². The predicted molar refractivity (Wildman–Crippen MR) is 119 cm³/mol. The first-order valence-corrected chi connectivity index (χ1v) is 11.5. The standard InChI is InChI=1S/C23H19BrN2O2S/c1-16-10-17(2)12-22(11-16)29(3,28)26-23(27)20-13-19(14-25-15-20)5-4-18-6-8-21(24)9-7-18/h6-15H,1-3H3. The van der Waals surface area contributed by atoms with E-state index in [1.54, 1.807) is 24.4 Å². The summed E-state index contributed by atoms with van der Waals surface area (Å²) >= 11 is 3.39. The highest BCUT2D eigenvalue weighted by atomic mass is 79.9. The van der Waals surface area contributed by atoms with Crippen molar-refractivity contribution < 1.29 is 9.00 Å². The number of aromatic nitrogens is 1. The summed E-state index contributed by atoms with van der Waals surface area (Å²) in [5, 5.41) is 0. The van der Waals surface area contributed by atoms with Gasteiger partial charge in [0.2, 0.25) is 0 Å². The second kappa shape index (κ2) is 8.73. The van der Waals surface area contributed by atoms with E-state index in [1.165, 1.54) is 12.5 Å². The van der Waals surface area contributed by atoms with Crippen LogP contribution in [-0.2, 0) is 9.73 Å². The minimum absolute atomic E-state index is 0.256. The van der Waals surface area contributed by atoms with E-state index in [9.17, 15) is 9.00 Å². The number of pyridine rings is 1. The van der Waals surface area contributed by atoms with Gasteiger partial charge in [-0.1, -0.05) is 33.8 Å². The van der Waals surface area contributed by atoms with Gasteiger partial charge in [-0.05, 0) is 67.4 Å². The summed E-state index contributed by atoms with van der Waals surface area (Å²) in [6.07, 6.45) is 4.47. The van der Waals surface area contributed by atoms with Gasteiger partial charge in [0.25, 0.3) is 5.91 Å². The molecule has 0 saturated carbocycles. The van der Waals surface area contributed by atoms with Crippen LogP contribution in [0, 0.1) is 25.7 Å². The molecule has 0 radical (unpaired) electrons. The third-order valence-corrected chi connectivity index (χ3v) is 6.22. The Labute approximate surface area is 179 Å². The average Bonchev–Trinajstić information content (AvgIpc) is 2.67. The number of nitrogens with zero attached hydrogens (tertiary/aromatic N) is 2. The van der Waals surface area contributed by atoms with E-state index in [4.69, 9.17) is 0 Å². The Morgan fingerprint density at radius 2 is 1.59 bits per heavy atom. The second-order valence-electron chi connectivity index (χ2n) is 6.74. The molecule has 1 aromatic heterocycles. The van der Waals surface area contributed by atoms with Gasteiger partial charge in [-0.2, -0.15) is 4.36 Å². The Kier molecular flexibility index (Phi) is 6.31. The zero-order valence-electron chi connectivity index (χ0n) is 16.3. The minimum atomic E-state index is -2.87. The molecule has 6 heteroatoms. The molecule has 0 bridgehead atoms. The summed E-state index contributed by atoms with van der Waals surface area (Å²) < 4.78 is 18.0. The Hall–Kier alpha value is -2.75. The zero-order chi connectivity index (χ0) is 21.0. The van der Waals surface area contributed by atoms with Crippen molar-refractivity contribution >= 4 is 31.6 Å². The van der Waals surface area contributed by atoms with Crippen LogP contribution in [0.1, 0.15) is 32.6 Å². The first kappa shape index (κ1) is 21.0. The van der Waals surface area contributed by atoms with Crippen molar-refractivity contribution in [1.82, 2.24) is 4.98 Å². The van der Waals surface area contributed by atoms with Crippen LogP contribution in [0.15, 0.2) is 74.7 Å². The van der Waals surface area contributed by atoms with Crippen LogP contribution in [0.3, 0.4) is 0 Å². The summed E-state index contributed by atoms with van der Waals surface area (Å²) in [7, 11) is -2.87. The van der Waals surface area contributed by atoms with Crippen LogP contribution >= 0.6 is 15.9 Å². The first-order chi connectivity index (χ1) is 13.7. The Bertz CT molecular complexity index is 1240. The largest absolute Gasteiger partial charge is 0.286 e. The molecule has 1 amide bonds. The molecular formula is C23H19BrN2O2S. The molecule has 0 spiro atoms. The lowest BCUT2D eigenvalue weighted by Gasteiger charge is -2.07. The molecule has 4 nitrogen and oxygen atoms in total. The lowest BCUT2D eigenvalue weighted by Crippen LogP contribution is -2.05. The third kappa shape index (κ3) is 5.63. The molecule has 0 saturated heterocycles. The van der Waals surface area contributed by atoms with E-state index in [-0.39, 0.29) is 5.56 Å². The van der Waals surface area contributed by atoms with Crippen LogP contribution in [0.5, 0.6) is 0 Å². The van der Waals surface area contributed by atoms with Crippen molar-refractivity contribution in [2.45, 2.75) is 18.7 Å². The molecule has 2 aromatic carbocycles. The molecule has 3 rings (SSSR count). The lowest BCUT2D eigenvalue weighted by atomic mass is 10.2. The average molecular weight is 467 g/mol. The van der Waals surface area contributed by atoms with Crippen LogP contribution < -0.4 is 0 Å². The Morgan fingerprint density at radius 1 is 0.966 bits per heavy atom. The van der Waals surface area contributed by atoms with Gasteiger partial charge < -0.3 is 0 Å².